The first-order valence-corrected chi connectivity index (χ1v) is 11.5. The lowest BCUT2D eigenvalue weighted by Crippen LogP contribution is -2.17. The van der Waals surface area contributed by atoms with Crippen LogP contribution >= 0.6 is 0 Å². The molecule has 37 heavy (non-hydrogen) atoms. The van der Waals surface area contributed by atoms with Gasteiger partial charge in [0.15, 0.2) is 11.5 Å². The molecule has 10 nitrogen and oxygen atoms in total. The number of benzene rings is 3. The van der Waals surface area contributed by atoms with E-state index >= 15 is 0 Å². The molecule has 0 radical (unpaired) electrons. The van der Waals surface area contributed by atoms with Crippen LogP contribution in [0.25, 0.3) is 0 Å². The van der Waals surface area contributed by atoms with Gasteiger partial charge in [0.2, 0.25) is 12.7 Å². The summed E-state index contributed by atoms with van der Waals surface area (Å²) in [6.07, 6.45) is 1.81. The second-order valence-corrected chi connectivity index (χ2v) is 7.94. The minimum Gasteiger partial charge on any atom is -0.491 e. The first kappa shape index (κ1) is 25.4. The maximum absolute atomic E-state index is 12.7. The molecule has 10 heteroatoms. The van der Waals surface area contributed by atoms with E-state index in [2.05, 4.69) is 10.6 Å². The summed E-state index contributed by atoms with van der Waals surface area (Å²) in [5, 5.41) is 14.3. The van der Waals surface area contributed by atoms with Gasteiger partial charge in [-0.05, 0) is 48.0 Å². The van der Waals surface area contributed by atoms with Crippen LogP contribution in [0.1, 0.15) is 18.1 Å². The highest BCUT2D eigenvalue weighted by atomic mass is 16.7. The zero-order valence-electron chi connectivity index (χ0n) is 19.9. The third-order valence-corrected chi connectivity index (χ3v) is 5.32. The van der Waals surface area contributed by atoms with E-state index in [0.29, 0.717) is 39.9 Å². The number of carbonyl (C=O) groups is 2. The second kappa shape index (κ2) is 12.3. The summed E-state index contributed by atoms with van der Waals surface area (Å²) in [7, 11) is 0. The van der Waals surface area contributed by atoms with Gasteiger partial charge in [0, 0.05) is 18.2 Å². The van der Waals surface area contributed by atoms with Crippen LogP contribution in [-0.2, 0) is 9.53 Å². The van der Waals surface area contributed by atoms with Crippen molar-refractivity contribution in [3.63, 3.8) is 0 Å². The van der Waals surface area contributed by atoms with Crippen LogP contribution in [0, 0.1) is 0 Å². The van der Waals surface area contributed by atoms with Crippen molar-refractivity contribution in [2.24, 2.45) is 0 Å². The molecule has 4 rings (SSSR count). The lowest BCUT2D eigenvalue weighted by Gasteiger charge is -2.18. The van der Waals surface area contributed by atoms with Crippen molar-refractivity contribution in [3.8, 4) is 17.2 Å². The van der Waals surface area contributed by atoms with Crippen molar-refractivity contribution < 1.29 is 33.6 Å². The summed E-state index contributed by atoms with van der Waals surface area (Å²) in [6.45, 7) is 0.191. The van der Waals surface area contributed by atoms with E-state index in [-0.39, 0.29) is 32.3 Å². The largest absolute Gasteiger partial charge is 0.491 e. The van der Waals surface area contributed by atoms with E-state index in [1.54, 1.807) is 72.8 Å². The monoisotopic (exact) mass is 505 g/mol. The smallest absolute Gasteiger partial charge is 0.412 e. The number of hydrogen-bond donors (Lipinski definition) is 4. The van der Waals surface area contributed by atoms with Gasteiger partial charge in [-0.15, -0.1) is 0 Å². The van der Waals surface area contributed by atoms with E-state index in [1.165, 1.54) is 6.08 Å². The van der Waals surface area contributed by atoms with Crippen LogP contribution in [0.5, 0.6) is 17.2 Å². The minimum absolute atomic E-state index is 0.102. The van der Waals surface area contributed by atoms with Crippen LogP contribution in [0.4, 0.5) is 21.9 Å². The summed E-state index contributed by atoms with van der Waals surface area (Å²) >= 11 is 0. The van der Waals surface area contributed by atoms with Gasteiger partial charge in [-0.1, -0.05) is 30.3 Å². The van der Waals surface area contributed by atoms with Crippen molar-refractivity contribution in [3.05, 3.63) is 84.4 Å². The molecule has 0 bridgehead atoms. The highest BCUT2D eigenvalue weighted by Gasteiger charge is 2.18. The first-order valence-electron chi connectivity index (χ1n) is 11.5. The minimum atomic E-state index is -0.702. The Hall–Kier alpha value is -4.70. The number of anilines is 3. The SMILES string of the molecule is Nc1ccccc1NC(=O)/C=C/C[C@@H](OC(=O)Nc1ccc2c(c1)OCO2)c1ccc(OCCO)cc1. The quantitative estimate of drug-likeness (QED) is 0.237. The highest BCUT2D eigenvalue weighted by Crippen LogP contribution is 2.34. The van der Waals surface area contributed by atoms with Crippen LogP contribution in [0.15, 0.2) is 78.9 Å². The second-order valence-electron chi connectivity index (χ2n) is 7.94. The van der Waals surface area contributed by atoms with E-state index in [0.717, 1.165) is 0 Å². The summed E-state index contributed by atoms with van der Waals surface area (Å²) in [5.74, 6) is 1.33. The van der Waals surface area contributed by atoms with Gasteiger partial charge in [0.05, 0.1) is 18.0 Å². The highest BCUT2D eigenvalue weighted by molar-refractivity contribution is 6.01. The summed E-state index contributed by atoms with van der Waals surface area (Å²) in [4.78, 5) is 25.1. The van der Waals surface area contributed by atoms with Gasteiger partial charge in [-0.3, -0.25) is 10.1 Å². The molecule has 2 amide bonds. The van der Waals surface area contributed by atoms with Crippen molar-refractivity contribution >= 4 is 29.1 Å². The molecule has 192 valence electrons. The fourth-order valence-electron chi connectivity index (χ4n) is 3.53. The van der Waals surface area contributed by atoms with Gasteiger partial charge in [0.1, 0.15) is 18.5 Å². The van der Waals surface area contributed by atoms with Crippen LogP contribution in [0.3, 0.4) is 0 Å². The number of nitrogen functional groups attached to an aromatic ring is 1. The van der Waals surface area contributed by atoms with Crippen molar-refractivity contribution in [2.45, 2.75) is 12.5 Å². The van der Waals surface area contributed by atoms with Gasteiger partial charge >= 0.3 is 6.09 Å². The van der Waals surface area contributed by atoms with Gasteiger partial charge in [-0.25, -0.2) is 4.79 Å². The third-order valence-electron chi connectivity index (χ3n) is 5.32. The molecule has 3 aromatic rings. The molecule has 0 aromatic heterocycles. The summed E-state index contributed by atoms with van der Waals surface area (Å²) in [5.41, 5.74) is 8.00. The predicted octanol–water partition coefficient (Wildman–Crippen LogP) is 4.24. The molecular formula is C27H27N3O7. The topological polar surface area (TPSA) is 141 Å². The normalized spacial score (nSPS) is 12.7. The van der Waals surface area contributed by atoms with Crippen molar-refractivity contribution in [1.82, 2.24) is 0 Å². The number of fused-ring (bicyclic) bond motifs is 1. The Balaban J connectivity index is 1.43. The Bertz CT molecular complexity index is 1260. The number of nitrogens with one attached hydrogen (secondary N) is 2. The first-order chi connectivity index (χ1) is 18.0. The Labute approximate surface area is 213 Å². The Morgan fingerprint density at radius 3 is 2.59 bits per heavy atom. The molecule has 1 aliphatic rings. The van der Waals surface area contributed by atoms with Crippen molar-refractivity contribution in [1.29, 1.82) is 0 Å². The number of carbonyl (C=O) groups excluding carboxylic acids is 2. The van der Waals surface area contributed by atoms with Gasteiger partial charge < -0.3 is 35.1 Å². The number of amides is 2. The fraction of sp³-hybridized carbons (Fsp3) is 0.185. The third kappa shape index (κ3) is 7.15. The van der Waals surface area contributed by atoms with E-state index in [9.17, 15) is 9.59 Å². The molecule has 1 heterocycles. The van der Waals surface area contributed by atoms with Crippen LogP contribution < -0.4 is 30.6 Å². The Morgan fingerprint density at radius 2 is 1.81 bits per heavy atom. The molecule has 0 saturated heterocycles. The molecule has 1 aliphatic heterocycles. The van der Waals surface area contributed by atoms with Crippen LogP contribution in [-0.4, -0.2) is 37.1 Å². The molecule has 0 saturated carbocycles. The Morgan fingerprint density at radius 1 is 1.03 bits per heavy atom. The molecule has 0 aliphatic carbocycles. The number of rotatable bonds is 10. The molecule has 0 unspecified atom stereocenters. The average molecular weight is 506 g/mol. The number of para-hydroxylation sites is 2. The number of aliphatic hydroxyl groups excluding tert-OH is 1. The molecule has 3 aromatic carbocycles. The molecular weight excluding hydrogens is 478 g/mol. The molecule has 0 fully saturated rings. The lowest BCUT2D eigenvalue weighted by atomic mass is 10.1. The predicted molar refractivity (Wildman–Crippen MR) is 138 cm³/mol. The average Bonchev–Trinajstić information content (AvgIpc) is 3.36. The maximum Gasteiger partial charge on any atom is 0.412 e. The number of nitrogens with two attached hydrogens (primary N) is 1. The van der Waals surface area contributed by atoms with E-state index in [1.807, 2.05) is 0 Å². The maximum atomic E-state index is 12.7. The van der Waals surface area contributed by atoms with Crippen LogP contribution in [0.2, 0.25) is 0 Å². The number of hydrogen-bond acceptors (Lipinski definition) is 8. The fourth-order valence-corrected chi connectivity index (χ4v) is 3.53. The zero-order chi connectivity index (χ0) is 26.0. The number of ether oxygens (including phenoxy) is 4. The van der Waals surface area contributed by atoms with E-state index in [4.69, 9.17) is 29.8 Å². The van der Waals surface area contributed by atoms with E-state index < -0.39 is 12.2 Å². The zero-order valence-corrected chi connectivity index (χ0v) is 19.9. The standard InChI is InChI=1S/C27H27N3O7/c28-21-4-1-2-5-22(21)30-26(32)7-3-6-23(18-8-11-20(12-9-18)34-15-14-31)37-27(33)29-19-10-13-24-25(16-19)36-17-35-24/h1-5,7-13,16,23,31H,6,14-15,17,28H2,(H,29,33)(H,30,32)/b7-3+/t23-/m1/s1. The lowest BCUT2D eigenvalue weighted by molar-refractivity contribution is -0.111. The molecule has 0 spiro atoms. The van der Waals surface area contributed by atoms with Gasteiger partial charge in [-0.2, -0.15) is 0 Å². The number of aliphatic hydroxyl groups is 1. The van der Waals surface area contributed by atoms with Gasteiger partial charge in [0.25, 0.3) is 0 Å². The van der Waals surface area contributed by atoms with Crippen molar-refractivity contribution in [2.75, 3.05) is 36.4 Å². The Kier molecular flexibility index (Phi) is 8.45. The molecule has 1 atom stereocenters. The molecule has 5 N–H and O–H groups in total. The summed E-state index contributed by atoms with van der Waals surface area (Å²) in [6, 6.07) is 18.9. The summed E-state index contributed by atoms with van der Waals surface area (Å²) < 4.78 is 21.7.